The van der Waals surface area contributed by atoms with Crippen molar-refractivity contribution in [1.29, 1.82) is 0 Å². The van der Waals surface area contributed by atoms with E-state index in [0.717, 1.165) is 17.0 Å². The molecule has 0 bridgehead atoms. The molecule has 0 unspecified atom stereocenters. The summed E-state index contributed by atoms with van der Waals surface area (Å²) in [5.41, 5.74) is 4.06. The smallest absolute Gasteiger partial charge is 0.274 e. The van der Waals surface area contributed by atoms with E-state index < -0.39 is 0 Å². The maximum atomic E-state index is 12.4. The molecular weight excluding hydrogens is 324 g/mol. The Morgan fingerprint density at radius 3 is 2.67 bits per heavy atom. The van der Waals surface area contributed by atoms with Crippen LogP contribution in [-0.2, 0) is 0 Å². The summed E-state index contributed by atoms with van der Waals surface area (Å²) in [4.78, 5) is 25.0. The van der Waals surface area contributed by atoms with Crippen LogP contribution in [-0.4, -0.2) is 20.9 Å². The maximum Gasteiger partial charge on any atom is 0.274 e. The normalized spacial score (nSPS) is 10.5. The van der Waals surface area contributed by atoms with Crippen LogP contribution in [0.2, 0.25) is 5.02 Å². The minimum absolute atomic E-state index is 0.278. The first kappa shape index (κ1) is 16.1. The molecule has 6 heteroatoms. The number of aryl methyl sites for hydroxylation is 2. The van der Waals surface area contributed by atoms with Gasteiger partial charge in [-0.2, -0.15) is 0 Å². The molecule has 0 radical (unpaired) electrons. The molecule has 1 aromatic carbocycles. The number of pyridine rings is 1. The zero-order chi connectivity index (χ0) is 17.1. The number of amides is 1. The fourth-order valence-electron chi connectivity index (χ4n) is 2.29. The molecule has 0 aliphatic heterocycles. The molecule has 3 rings (SSSR count). The van der Waals surface area contributed by atoms with E-state index in [1.807, 2.05) is 38.1 Å². The number of hydrogen-bond donors (Lipinski definition) is 1. The van der Waals surface area contributed by atoms with Crippen LogP contribution in [0.25, 0.3) is 11.3 Å². The quantitative estimate of drug-likeness (QED) is 0.782. The van der Waals surface area contributed by atoms with Gasteiger partial charge in [0.1, 0.15) is 12.0 Å². The van der Waals surface area contributed by atoms with Gasteiger partial charge in [0.15, 0.2) is 0 Å². The summed E-state index contributed by atoms with van der Waals surface area (Å²) in [5.74, 6) is -0.311. The zero-order valence-corrected chi connectivity index (χ0v) is 14.0. The van der Waals surface area contributed by atoms with Crippen LogP contribution in [0.3, 0.4) is 0 Å². The lowest BCUT2D eigenvalue weighted by molar-refractivity contribution is 0.102. The van der Waals surface area contributed by atoms with Gasteiger partial charge in [-0.25, -0.2) is 9.97 Å². The highest BCUT2D eigenvalue weighted by Crippen LogP contribution is 2.21. The number of nitrogens with zero attached hydrogens (tertiary/aromatic N) is 3. The van der Waals surface area contributed by atoms with E-state index >= 15 is 0 Å². The molecule has 1 N–H and O–H groups in total. The lowest BCUT2D eigenvalue weighted by atomic mass is 10.1. The minimum atomic E-state index is -0.311. The van der Waals surface area contributed by atoms with Gasteiger partial charge in [-0.3, -0.25) is 9.78 Å². The van der Waals surface area contributed by atoms with Crippen LogP contribution >= 0.6 is 11.6 Å². The van der Waals surface area contributed by atoms with E-state index in [2.05, 4.69) is 20.3 Å². The standard InChI is InChI=1S/C18H15ClN4O/c1-11-6-7-15(12(2)22-11)23-18(24)17-9-16(20-10-21-17)13-4-3-5-14(19)8-13/h3-10H,1-2H3,(H,23,24). The van der Waals surface area contributed by atoms with Crippen molar-refractivity contribution in [3.63, 3.8) is 0 Å². The number of anilines is 1. The molecule has 2 heterocycles. The predicted octanol–water partition coefficient (Wildman–Crippen LogP) is 4.06. The Bertz CT molecular complexity index is 911. The summed E-state index contributed by atoms with van der Waals surface area (Å²) in [7, 11) is 0. The summed E-state index contributed by atoms with van der Waals surface area (Å²) in [6, 6.07) is 12.6. The molecule has 2 aromatic heterocycles. The number of carbonyl (C=O) groups is 1. The Labute approximate surface area is 144 Å². The Balaban J connectivity index is 1.87. The van der Waals surface area contributed by atoms with Crippen molar-refractivity contribution in [1.82, 2.24) is 15.0 Å². The molecule has 0 aliphatic rings. The van der Waals surface area contributed by atoms with Gasteiger partial charge in [-0.1, -0.05) is 23.7 Å². The zero-order valence-electron chi connectivity index (χ0n) is 13.2. The number of hydrogen-bond acceptors (Lipinski definition) is 4. The van der Waals surface area contributed by atoms with Crippen LogP contribution in [0.15, 0.2) is 48.8 Å². The van der Waals surface area contributed by atoms with E-state index in [9.17, 15) is 4.79 Å². The van der Waals surface area contributed by atoms with E-state index in [1.54, 1.807) is 18.2 Å². The number of halogens is 1. The molecule has 0 aliphatic carbocycles. The van der Waals surface area contributed by atoms with Crippen molar-refractivity contribution in [2.24, 2.45) is 0 Å². The Morgan fingerprint density at radius 1 is 1.08 bits per heavy atom. The molecule has 120 valence electrons. The molecule has 0 saturated heterocycles. The van der Waals surface area contributed by atoms with Gasteiger partial charge in [-0.15, -0.1) is 0 Å². The Kier molecular flexibility index (Phi) is 4.53. The van der Waals surface area contributed by atoms with Gasteiger partial charge in [0, 0.05) is 16.3 Å². The summed E-state index contributed by atoms with van der Waals surface area (Å²) in [6.07, 6.45) is 1.37. The first-order valence-electron chi connectivity index (χ1n) is 7.36. The maximum absolute atomic E-state index is 12.4. The van der Waals surface area contributed by atoms with Crippen molar-refractivity contribution in [3.8, 4) is 11.3 Å². The van der Waals surface area contributed by atoms with Gasteiger partial charge in [0.25, 0.3) is 5.91 Å². The predicted molar refractivity (Wildman–Crippen MR) is 94.1 cm³/mol. The van der Waals surface area contributed by atoms with E-state index in [0.29, 0.717) is 16.4 Å². The van der Waals surface area contributed by atoms with E-state index in [-0.39, 0.29) is 11.6 Å². The molecule has 24 heavy (non-hydrogen) atoms. The molecule has 0 spiro atoms. The van der Waals surface area contributed by atoms with Crippen LogP contribution in [0.4, 0.5) is 5.69 Å². The average Bonchev–Trinajstić information content (AvgIpc) is 2.57. The lowest BCUT2D eigenvalue weighted by Gasteiger charge is -2.08. The Hall–Kier alpha value is -2.79. The topological polar surface area (TPSA) is 67.8 Å². The molecule has 0 fully saturated rings. The Morgan fingerprint density at radius 2 is 1.92 bits per heavy atom. The van der Waals surface area contributed by atoms with Crippen LogP contribution in [0.1, 0.15) is 21.9 Å². The number of benzene rings is 1. The summed E-state index contributed by atoms with van der Waals surface area (Å²) >= 11 is 6.00. The molecule has 3 aromatic rings. The fourth-order valence-corrected chi connectivity index (χ4v) is 2.48. The second kappa shape index (κ2) is 6.76. The van der Waals surface area contributed by atoms with Crippen molar-refractivity contribution in [3.05, 3.63) is 70.9 Å². The monoisotopic (exact) mass is 338 g/mol. The molecule has 0 atom stereocenters. The number of carbonyl (C=O) groups excluding carboxylic acids is 1. The summed E-state index contributed by atoms with van der Waals surface area (Å²) in [6.45, 7) is 3.75. The molecule has 5 nitrogen and oxygen atoms in total. The van der Waals surface area contributed by atoms with Gasteiger partial charge in [-0.05, 0) is 44.2 Å². The first-order valence-corrected chi connectivity index (χ1v) is 7.74. The van der Waals surface area contributed by atoms with Crippen molar-refractivity contribution in [2.75, 3.05) is 5.32 Å². The molecule has 0 saturated carbocycles. The van der Waals surface area contributed by atoms with Gasteiger partial charge >= 0.3 is 0 Å². The highest BCUT2D eigenvalue weighted by molar-refractivity contribution is 6.30. The molecule has 1 amide bonds. The second-order valence-corrected chi connectivity index (χ2v) is 5.77. The average molecular weight is 339 g/mol. The van der Waals surface area contributed by atoms with E-state index in [1.165, 1.54) is 6.33 Å². The summed E-state index contributed by atoms with van der Waals surface area (Å²) < 4.78 is 0. The first-order chi connectivity index (χ1) is 11.5. The third-order valence-corrected chi connectivity index (χ3v) is 3.73. The fraction of sp³-hybridized carbons (Fsp3) is 0.111. The largest absolute Gasteiger partial charge is 0.319 e. The highest BCUT2D eigenvalue weighted by atomic mass is 35.5. The SMILES string of the molecule is Cc1ccc(NC(=O)c2cc(-c3cccc(Cl)c3)ncn2)c(C)n1. The summed E-state index contributed by atoms with van der Waals surface area (Å²) in [5, 5.41) is 3.44. The number of nitrogens with one attached hydrogen (secondary N) is 1. The second-order valence-electron chi connectivity index (χ2n) is 5.34. The van der Waals surface area contributed by atoms with Crippen molar-refractivity contribution >= 4 is 23.2 Å². The highest BCUT2D eigenvalue weighted by Gasteiger charge is 2.12. The van der Waals surface area contributed by atoms with Gasteiger partial charge in [0.05, 0.1) is 17.1 Å². The van der Waals surface area contributed by atoms with Crippen molar-refractivity contribution < 1.29 is 4.79 Å². The molecular formula is C18H15ClN4O. The van der Waals surface area contributed by atoms with Gasteiger partial charge < -0.3 is 5.32 Å². The third-order valence-electron chi connectivity index (χ3n) is 3.49. The van der Waals surface area contributed by atoms with E-state index in [4.69, 9.17) is 11.6 Å². The van der Waals surface area contributed by atoms with Crippen LogP contribution < -0.4 is 5.32 Å². The lowest BCUT2D eigenvalue weighted by Crippen LogP contribution is -2.15. The van der Waals surface area contributed by atoms with Crippen molar-refractivity contribution in [2.45, 2.75) is 13.8 Å². The number of rotatable bonds is 3. The third kappa shape index (κ3) is 3.58. The van der Waals surface area contributed by atoms with Crippen LogP contribution in [0, 0.1) is 13.8 Å². The van der Waals surface area contributed by atoms with Crippen LogP contribution in [0.5, 0.6) is 0 Å². The number of aromatic nitrogens is 3. The van der Waals surface area contributed by atoms with Gasteiger partial charge in [0.2, 0.25) is 0 Å². The minimum Gasteiger partial charge on any atom is -0.319 e.